The van der Waals surface area contributed by atoms with Crippen LogP contribution >= 0.6 is 11.3 Å². The maximum atomic E-state index is 12.9. The van der Waals surface area contributed by atoms with E-state index in [0.717, 1.165) is 28.5 Å². The fraction of sp³-hybridized carbons (Fsp3) is 0.474. The third kappa shape index (κ3) is 4.68. The van der Waals surface area contributed by atoms with Crippen LogP contribution < -0.4 is 5.32 Å². The Hall–Kier alpha value is -2.37. The minimum absolute atomic E-state index is 0.105. The molecule has 0 amide bonds. The standard InChI is InChI=1S/C19H25N7O2S2/c1-13-9-20-19(29-13)24-17-8-16(22-14(2)23-17)7-15-5-4-6-26(10-15)30(27,28)18-11-25(3)12-21-18/h8-9,11-12,15H,4-7,10H2,1-3H3,(H,20,22,23,24)/t15-/m1/s1. The van der Waals surface area contributed by atoms with Gasteiger partial charge in [0.05, 0.1) is 6.33 Å². The third-order valence-corrected chi connectivity index (χ3v) is 7.59. The van der Waals surface area contributed by atoms with Crippen LogP contribution in [0.3, 0.4) is 0 Å². The number of hydrogen-bond acceptors (Lipinski definition) is 8. The van der Waals surface area contributed by atoms with E-state index in [0.29, 0.717) is 31.2 Å². The topological polar surface area (TPSA) is 106 Å². The summed E-state index contributed by atoms with van der Waals surface area (Å²) < 4.78 is 29.0. The maximum Gasteiger partial charge on any atom is 0.262 e. The Morgan fingerprint density at radius 2 is 2.10 bits per heavy atom. The molecule has 0 radical (unpaired) electrons. The molecule has 1 atom stereocenters. The lowest BCUT2D eigenvalue weighted by Gasteiger charge is -2.31. The summed E-state index contributed by atoms with van der Waals surface area (Å²) in [6.45, 7) is 4.86. The molecule has 4 rings (SSSR count). The maximum absolute atomic E-state index is 12.9. The molecule has 0 spiro atoms. The Morgan fingerprint density at radius 3 is 2.80 bits per heavy atom. The molecule has 1 N–H and O–H groups in total. The van der Waals surface area contributed by atoms with Gasteiger partial charge in [0.1, 0.15) is 11.6 Å². The summed E-state index contributed by atoms with van der Waals surface area (Å²) >= 11 is 1.57. The molecule has 0 aromatic carbocycles. The van der Waals surface area contributed by atoms with Crippen molar-refractivity contribution in [3.05, 3.63) is 41.2 Å². The van der Waals surface area contributed by atoms with Crippen molar-refractivity contribution in [2.24, 2.45) is 13.0 Å². The number of aromatic nitrogens is 5. The van der Waals surface area contributed by atoms with Crippen LogP contribution in [0.1, 0.15) is 29.2 Å². The van der Waals surface area contributed by atoms with Gasteiger partial charge >= 0.3 is 0 Å². The summed E-state index contributed by atoms with van der Waals surface area (Å²) in [6, 6.07) is 1.93. The zero-order chi connectivity index (χ0) is 21.3. The van der Waals surface area contributed by atoms with Crippen molar-refractivity contribution in [3.63, 3.8) is 0 Å². The summed E-state index contributed by atoms with van der Waals surface area (Å²) in [4.78, 5) is 18.5. The van der Waals surface area contributed by atoms with Gasteiger partial charge in [-0.1, -0.05) is 0 Å². The summed E-state index contributed by atoms with van der Waals surface area (Å²) in [5.74, 6) is 1.58. The van der Waals surface area contributed by atoms with Gasteiger partial charge < -0.3 is 9.88 Å². The first-order valence-electron chi connectivity index (χ1n) is 9.82. The molecule has 0 bridgehead atoms. The molecule has 160 valence electrons. The number of rotatable bonds is 6. The van der Waals surface area contributed by atoms with Gasteiger partial charge in [-0.15, -0.1) is 11.3 Å². The largest absolute Gasteiger partial charge is 0.339 e. The monoisotopic (exact) mass is 447 g/mol. The van der Waals surface area contributed by atoms with Gasteiger partial charge in [-0.3, -0.25) is 0 Å². The second-order valence-corrected chi connectivity index (χ2v) is 10.8. The van der Waals surface area contributed by atoms with Crippen molar-refractivity contribution >= 4 is 32.3 Å². The second kappa shape index (κ2) is 8.40. The number of thiazole rings is 1. The first kappa shape index (κ1) is 20.9. The number of nitrogens with zero attached hydrogens (tertiary/aromatic N) is 6. The number of imidazole rings is 1. The van der Waals surface area contributed by atoms with Gasteiger partial charge in [-0.2, -0.15) is 4.31 Å². The van der Waals surface area contributed by atoms with Gasteiger partial charge in [-0.25, -0.2) is 28.4 Å². The Labute approximate surface area is 180 Å². The lowest BCUT2D eigenvalue weighted by Crippen LogP contribution is -2.40. The first-order chi connectivity index (χ1) is 14.3. The lowest BCUT2D eigenvalue weighted by molar-refractivity contribution is 0.263. The van der Waals surface area contributed by atoms with Crippen LogP contribution in [0.5, 0.6) is 0 Å². The highest BCUT2D eigenvalue weighted by Crippen LogP contribution is 2.26. The second-order valence-electron chi connectivity index (χ2n) is 7.65. The molecule has 9 nitrogen and oxygen atoms in total. The fourth-order valence-electron chi connectivity index (χ4n) is 3.68. The highest BCUT2D eigenvalue weighted by atomic mass is 32.2. The van der Waals surface area contributed by atoms with E-state index in [4.69, 9.17) is 0 Å². The minimum atomic E-state index is -3.57. The molecule has 3 aromatic heterocycles. The minimum Gasteiger partial charge on any atom is -0.339 e. The quantitative estimate of drug-likeness (QED) is 0.619. The highest BCUT2D eigenvalue weighted by molar-refractivity contribution is 7.89. The van der Waals surface area contributed by atoms with E-state index in [-0.39, 0.29) is 10.9 Å². The van der Waals surface area contributed by atoms with Gasteiger partial charge in [-0.05, 0) is 39.0 Å². The summed E-state index contributed by atoms with van der Waals surface area (Å²) in [5, 5.41) is 4.14. The number of hydrogen-bond donors (Lipinski definition) is 1. The van der Waals surface area contributed by atoms with Gasteiger partial charge in [0.2, 0.25) is 0 Å². The number of piperidine rings is 1. The van der Waals surface area contributed by atoms with E-state index in [9.17, 15) is 8.42 Å². The molecular formula is C19H25N7O2S2. The number of nitrogens with one attached hydrogen (secondary N) is 1. The van der Waals surface area contributed by atoms with Crippen molar-refractivity contribution in [1.82, 2.24) is 28.8 Å². The molecule has 4 heterocycles. The van der Waals surface area contributed by atoms with E-state index in [1.165, 1.54) is 6.33 Å². The normalized spacial score (nSPS) is 17.9. The van der Waals surface area contributed by atoms with Gasteiger partial charge in [0.25, 0.3) is 10.0 Å². The summed E-state index contributed by atoms with van der Waals surface area (Å²) in [5.41, 5.74) is 0.903. The Bertz CT molecular complexity index is 1140. The summed E-state index contributed by atoms with van der Waals surface area (Å²) in [7, 11) is -1.81. The van der Waals surface area contributed by atoms with Crippen LogP contribution in [0.15, 0.2) is 29.8 Å². The van der Waals surface area contributed by atoms with E-state index in [1.54, 1.807) is 33.5 Å². The van der Waals surface area contributed by atoms with E-state index < -0.39 is 10.0 Å². The van der Waals surface area contributed by atoms with Crippen LogP contribution in [0.4, 0.5) is 10.9 Å². The first-order valence-corrected chi connectivity index (χ1v) is 12.1. The lowest BCUT2D eigenvalue weighted by atomic mass is 9.94. The number of aryl methyl sites for hydroxylation is 3. The van der Waals surface area contributed by atoms with Gasteiger partial charge in [0.15, 0.2) is 10.2 Å². The molecular weight excluding hydrogens is 422 g/mol. The van der Waals surface area contributed by atoms with Crippen molar-refractivity contribution in [2.45, 2.75) is 38.1 Å². The Kier molecular flexibility index (Phi) is 5.85. The number of sulfonamides is 1. The van der Waals surface area contributed by atoms with Crippen LogP contribution in [0, 0.1) is 19.8 Å². The summed E-state index contributed by atoms with van der Waals surface area (Å²) in [6.07, 6.45) is 7.36. The van der Waals surface area contributed by atoms with Crippen LogP contribution in [0.2, 0.25) is 0 Å². The molecule has 11 heteroatoms. The molecule has 1 fully saturated rings. The highest BCUT2D eigenvalue weighted by Gasteiger charge is 2.32. The van der Waals surface area contributed by atoms with Gasteiger partial charge in [0, 0.05) is 49.2 Å². The number of anilines is 2. The molecule has 0 unspecified atom stereocenters. The van der Waals surface area contributed by atoms with E-state index >= 15 is 0 Å². The Morgan fingerprint density at radius 1 is 1.27 bits per heavy atom. The van der Waals surface area contributed by atoms with Crippen LogP contribution in [-0.2, 0) is 23.5 Å². The molecule has 30 heavy (non-hydrogen) atoms. The molecule has 1 saturated heterocycles. The molecule has 3 aromatic rings. The van der Waals surface area contributed by atoms with Crippen molar-refractivity contribution < 1.29 is 8.42 Å². The predicted octanol–water partition coefficient (Wildman–Crippen LogP) is 2.67. The van der Waals surface area contributed by atoms with Crippen molar-refractivity contribution in [1.29, 1.82) is 0 Å². The van der Waals surface area contributed by atoms with Crippen LogP contribution in [-0.4, -0.2) is 50.3 Å². The molecule has 0 aliphatic carbocycles. The SMILES string of the molecule is Cc1nc(C[C@H]2CCCN(S(=O)(=O)c3cn(C)cn3)C2)cc(Nc2ncc(C)s2)n1. The van der Waals surface area contributed by atoms with Crippen molar-refractivity contribution in [3.8, 4) is 0 Å². The van der Waals surface area contributed by atoms with Crippen LogP contribution in [0.25, 0.3) is 0 Å². The average molecular weight is 448 g/mol. The smallest absolute Gasteiger partial charge is 0.262 e. The molecule has 1 aliphatic heterocycles. The molecule has 0 saturated carbocycles. The third-order valence-electron chi connectivity index (χ3n) is 5.01. The fourth-order valence-corrected chi connectivity index (χ4v) is 5.87. The Balaban J connectivity index is 1.47. The van der Waals surface area contributed by atoms with E-state index in [1.807, 2.05) is 26.1 Å². The zero-order valence-corrected chi connectivity index (χ0v) is 18.9. The zero-order valence-electron chi connectivity index (χ0n) is 17.2. The van der Waals surface area contributed by atoms with Crippen molar-refractivity contribution in [2.75, 3.05) is 18.4 Å². The predicted molar refractivity (Wildman–Crippen MR) is 115 cm³/mol. The van der Waals surface area contributed by atoms with E-state index in [2.05, 4.69) is 25.3 Å². The molecule has 1 aliphatic rings. The average Bonchev–Trinajstić information content (AvgIpc) is 3.30.